The van der Waals surface area contributed by atoms with Gasteiger partial charge in [0.25, 0.3) is 5.91 Å². The van der Waals surface area contributed by atoms with Crippen LogP contribution in [0.3, 0.4) is 0 Å². The van der Waals surface area contributed by atoms with Crippen LogP contribution in [0.5, 0.6) is 0 Å². The molecule has 0 spiro atoms. The van der Waals surface area contributed by atoms with Gasteiger partial charge in [-0.2, -0.15) is 0 Å². The van der Waals surface area contributed by atoms with Gasteiger partial charge in [-0.15, -0.1) is 0 Å². The minimum Gasteiger partial charge on any atom is -0.354 e. The summed E-state index contributed by atoms with van der Waals surface area (Å²) in [6.07, 6.45) is 1.86. The molecule has 1 aromatic heterocycles. The van der Waals surface area contributed by atoms with E-state index in [4.69, 9.17) is 0 Å². The van der Waals surface area contributed by atoms with E-state index in [1.807, 2.05) is 31.2 Å². The van der Waals surface area contributed by atoms with Crippen molar-refractivity contribution in [3.8, 4) is 0 Å². The molecule has 0 bridgehead atoms. The predicted molar refractivity (Wildman–Crippen MR) is 104 cm³/mol. The Balaban J connectivity index is 1.55. The number of carbonyl (C=O) groups excluding carboxylic acids is 1. The van der Waals surface area contributed by atoms with E-state index >= 15 is 0 Å². The standard InChI is InChI=1S/C20H27N5O/c1-16-22-18(15-19(23-16)25-13-11-24(2)12-14-25)20(26)21-10-6-9-17-7-4-3-5-8-17/h3-5,7-8,15H,6,9-14H2,1-2H3,(H,21,26). The number of rotatable bonds is 6. The molecule has 3 rings (SSSR count). The van der Waals surface area contributed by atoms with Crippen molar-refractivity contribution in [1.82, 2.24) is 20.2 Å². The maximum atomic E-state index is 12.5. The first-order valence-electron chi connectivity index (χ1n) is 9.23. The Bertz CT molecular complexity index is 726. The number of aryl methyl sites for hydroxylation is 2. The number of nitrogens with one attached hydrogen (secondary N) is 1. The Kier molecular flexibility index (Phi) is 6.17. The lowest BCUT2D eigenvalue weighted by Crippen LogP contribution is -2.45. The van der Waals surface area contributed by atoms with Crippen LogP contribution >= 0.6 is 0 Å². The second-order valence-electron chi connectivity index (χ2n) is 6.79. The molecule has 0 aliphatic carbocycles. The highest BCUT2D eigenvalue weighted by molar-refractivity contribution is 5.92. The van der Waals surface area contributed by atoms with E-state index in [-0.39, 0.29) is 5.91 Å². The summed E-state index contributed by atoms with van der Waals surface area (Å²) in [6, 6.07) is 12.1. The molecular weight excluding hydrogens is 326 g/mol. The first-order chi connectivity index (χ1) is 12.6. The molecule has 1 fully saturated rings. The Labute approximate surface area is 155 Å². The number of hydrogen-bond acceptors (Lipinski definition) is 5. The van der Waals surface area contributed by atoms with E-state index < -0.39 is 0 Å². The zero-order valence-corrected chi connectivity index (χ0v) is 15.6. The minimum absolute atomic E-state index is 0.126. The molecule has 6 nitrogen and oxygen atoms in total. The number of hydrogen-bond donors (Lipinski definition) is 1. The molecule has 26 heavy (non-hydrogen) atoms. The van der Waals surface area contributed by atoms with Crippen LogP contribution in [0.4, 0.5) is 5.82 Å². The first-order valence-corrected chi connectivity index (χ1v) is 9.23. The highest BCUT2D eigenvalue weighted by Crippen LogP contribution is 2.15. The van der Waals surface area contributed by atoms with Gasteiger partial charge in [0.1, 0.15) is 17.3 Å². The van der Waals surface area contributed by atoms with Gasteiger partial charge < -0.3 is 15.1 Å². The van der Waals surface area contributed by atoms with Crippen LogP contribution in [0, 0.1) is 6.92 Å². The number of piperazine rings is 1. The smallest absolute Gasteiger partial charge is 0.270 e. The highest BCUT2D eigenvalue weighted by Gasteiger charge is 2.18. The van der Waals surface area contributed by atoms with Gasteiger partial charge >= 0.3 is 0 Å². The van der Waals surface area contributed by atoms with E-state index in [9.17, 15) is 4.79 Å². The third-order valence-corrected chi connectivity index (χ3v) is 4.65. The van der Waals surface area contributed by atoms with E-state index in [1.165, 1.54) is 5.56 Å². The quantitative estimate of drug-likeness (QED) is 0.804. The van der Waals surface area contributed by atoms with E-state index in [0.29, 0.717) is 18.1 Å². The third kappa shape index (κ3) is 5.02. The van der Waals surface area contributed by atoms with Crippen LogP contribution in [-0.2, 0) is 6.42 Å². The summed E-state index contributed by atoms with van der Waals surface area (Å²) in [7, 11) is 2.12. The molecule has 138 valence electrons. The fraction of sp³-hybridized carbons (Fsp3) is 0.450. The van der Waals surface area contributed by atoms with Crippen molar-refractivity contribution in [3.05, 3.63) is 53.5 Å². The molecule has 0 atom stereocenters. The lowest BCUT2D eigenvalue weighted by atomic mass is 10.1. The molecule has 0 unspecified atom stereocenters. The average Bonchev–Trinajstić information content (AvgIpc) is 2.66. The maximum absolute atomic E-state index is 12.5. The van der Waals surface area contributed by atoms with Gasteiger partial charge in [0, 0.05) is 38.8 Å². The average molecular weight is 353 g/mol. The molecule has 0 saturated carbocycles. The molecule has 1 aliphatic rings. The van der Waals surface area contributed by atoms with Gasteiger partial charge in [0.2, 0.25) is 0 Å². The van der Waals surface area contributed by atoms with Crippen LogP contribution in [-0.4, -0.2) is 60.5 Å². The van der Waals surface area contributed by atoms with Crippen LogP contribution in [0.15, 0.2) is 36.4 Å². The summed E-state index contributed by atoms with van der Waals surface area (Å²) in [4.78, 5) is 25.8. The number of aromatic nitrogens is 2. The molecule has 1 aromatic carbocycles. The number of anilines is 1. The highest BCUT2D eigenvalue weighted by atomic mass is 16.1. The molecule has 6 heteroatoms. The zero-order valence-electron chi connectivity index (χ0n) is 15.6. The Morgan fingerprint density at radius 3 is 2.58 bits per heavy atom. The third-order valence-electron chi connectivity index (χ3n) is 4.65. The fourth-order valence-electron chi connectivity index (χ4n) is 3.10. The van der Waals surface area contributed by atoms with Crippen molar-refractivity contribution in [2.45, 2.75) is 19.8 Å². The molecule has 2 heterocycles. The van der Waals surface area contributed by atoms with Crippen molar-refractivity contribution in [1.29, 1.82) is 0 Å². The van der Waals surface area contributed by atoms with Crippen molar-refractivity contribution >= 4 is 11.7 Å². The van der Waals surface area contributed by atoms with Crippen molar-refractivity contribution in [2.75, 3.05) is 44.7 Å². The van der Waals surface area contributed by atoms with Crippen LogP contribution < -0.4 is 10.2 Å². The van der Waals surface area contributed by atoms with Crippen LogP contribution in [0.25, 0.3) is 0 Å². The number of carbonyl (C=O) groups is 1. The van der Waals surface area contributed by atoms with Crippen LogP contribution in [0.1, 0.15) is 28.3 Å². The minimum atomic E-state index is -0.126. The number of benzene rings is 1. The summed E-state index contributed by atoms with van der Waals surface area (Å²) in [5, 5.41) is 2.98. The second kappa shape index (κ2) is 8.76. The van der Waals surface area contributed by atoms with Crippen LogP contribution in [0.2, 0.25) is 0 Å². The lowest BCUT2D eigenvalue weighted by molar-refractivity contribution is 0.0948. The Morgan fingerprint density at radius 2 is 1.85 bits per heavy atom. The zero-order chi connectivity index (χ0) is 18.4. The summed E-state index contributed by atoms with van der Waals surface area (Å²) < 4.78 is 0. The van der Waals surface area contributed by atoms with Crippen molar-refractivity contribution in [2.24, 2.45) is 0 Å². The van der Waals surface area contributed by atoms with Crippen molar-refractivity contribution < 1.29 is 4.79 Å². The molecule has 0 radical (unpaired) electrons. The predicted octanol–water partition coefficient (Wildman–Crippen LogP) is 1.90. The second-order valence-corrected chi connectivity index (χ2v) is 6.79. The van der Waals surface area contributed by atoms with E-state index in [1.54, 1.807) is 0 Å². The lowest BCUT2D eigenvalue weighted by Gasteiger charge is -2.33. The Morgan fingerprint density at radius 1 is 1.12 bits per heavy atom. The largest absolute Gasteiger partial charge is 0.354 e. The molecule has 1 N–H and O–H groups in total. The van der Waals surface area contributed by atoms with E-state index in [2.05, 4.69) is 44.3 Å². The summed E-state index contributed by atoms with van der Waals surface area (Å²) in [5.74, 6) is 1.36. The first kappa shape index (κ1) is 18.3. The number of likely N-dealkylation sites (N-methyl/N-ethyl adjacent to an activating group) is 1. The fourth-order valence-corrected chi connectivity index (χ4v) is 3.10. The van der Waals surface area contributed by atoms with Gasteiger partial charge in [0.15, 0.2) is 0 Å². The SMILES string of the molecule is Cc1nc(C(=O)NCCCc2ccccc2)cc(N2CCN(C)CC2)n1. The normalized spacial score (nSPS) is 15.1. The Hall–Kier alpha value is -2.47. The number of nitrogens with zero attached hydrogens (tertiary/aromatic N) is 4. The summed E-state index contributed by atoms with van der Waals surface area (Å²) in [6.45, 7) is 6.33. The van der Waals surface area contributed by atoms with Gasteiger partial charge in [0.05, 0.1) is 0 Å². The van der Waals surface area contributed by atoms with Gasteiger partial charge in [-0.3, -0.25) is 4.79 Å². The molecule has 1 aliphatic heterocycles. The van der Waals surface area contributed by atoms with Gasteiger partial charge in [-0.25, -0.2) is 9.97 Å². The van der Waals surface area contributed by atoms with Gasteiger partial charge in [-0.1, -0.05) is 30.3 Å². The number of amides is 1. The molecule has 2 aromatic rings. The summed E-state index contributed by atoms with van der Waals surface area (Å²) >= 11 is 0. The maximum Gasteiger partial charge on any atom is 0.270 e. The molecule has 1 saturated heterocycles. The molecule has 1 amide bonds. The molecular formula is C20H27N5O. The topological polar surface area (TPSA) is 61.4 Å². The van der Waals surface area contributed by atoms with Gasteiger partial charge in [-0.05, 0) is 32.4 Å². The summed E-state index contributed by atoms with van der Waals surface area (Å²) in [5.41, 5.74) is 1.74. The van der Waals surface area contributed by atoms with E-state index in [0.717, 1.165) is 44.8 Å². The monoisotopic (exact) mass is 353 g/mol. The van der Waals surface area contributed by atoms with Crippen molar-refractivity contribution in [3.63, 3.8) is 0 Å².